The minimum absolute atomic E-state index is 0.0320. The number of nitrogens with zero attached hydrogens (tertiary/aromatic N) is 2. The van der Waals surface area contributed by atoms with Crippen molar-refractivity contribution in [3.8, 4) is 0 Å². The molecule has 2 saturated heterocycles. The second-order valence-corrected chi connectivity index (χ2v) is 7.13. The fourth-order valence-electron chi connectivity index (χ4n) is 2.65. The van der Waals surface area contributed by atoms with Gasteiger partial charge in [-0.1, -0.05) is 0 Å². The molecular weight excluding hydrogens is 272 g/mol. The number of hydrogen-bond acceptors (Lipinski definition) is 4. The molecule has 0 aromatic heterocycles. The van der Waals surface area contributed by atoms with Gasteiger partial charge < -0.3 is 10.2 Å². The van der Waals surface area contributed by atoms with Crippen LogP contribution in [-0.2, 0) is 15.0 Å². The second kappa shape index (κ2) is 5.74. The van der Waals surface area contributed by atoms with E-state index in [4.69, 9.17) is 5.11 Å². The van der Waals surface area contributed by atoms with Gasteiger partial charge in [0.25, 0.3) is 10.2 Å². The summed E-state index contributed by atoms with van der Waals surface area (Å²) in [6, 6.07) is 0. The van der Waals surface area contributed by atoms with Gasteiger partial charge in [0, 0.05) is 26.2 Å². The molecule has 19 heavy (non-hydrogen) atoms. The van der Waals surface area contributed by atoms with Crippen LogP contribution in [0.5, 0.6) is 0 Å². The summed E-state index contributed by atoms with van der Waals surface area (Å²) in [5.41, 5.74) is 0. The van der Waals surface area contributed by atoms with Crippen LogP contribution < -0.4 is 0 Å². The number of hydrogen-bond donors (Lipinski definition) is 2. The van der Waals surface area contributed by atoms with Gasteiger partial charge in [0.1, 0.15) is 0 Å². The number of aliphatic hydroxyl groups excluding tert-OH is 1. The van der Waals surface area contributed by atoms with Crippen LogP contribution in [0.25, 0.3) is 0 Å². The first-order valence-electron chi connectivity index (χ1n) is 6.57. The highest BCUT2D eigenvalue weighted by molar-refractivity contribution is 7.86. The first-order chi connectivity index (χ1) is 8.91. The lowest BCUT2D eigenvalue weighted by atomic mass is 10.0. The molecule has 0 saturated carbocycles. The molecule has 0 amide bonds. The minimum Gasteiger partial charge on any atom is -0.481 e. The quantitative estimate of drug-likeness (QED) is 0.729. The Morgan fingerprint density at radius 2 is 1.63 bits per heavy atom. The second-order valence-electron chi connectivity index (χ2n) is 5.20. The lowest BCUT2D eigenvalue weighted by Crippen LogP contribution is -2.52. The Morgan fingerprint density at radius 1 is 1.05 bits per heavy atom. The molecule has 0 radical (unpaired) electrons. The molecule has 2 aliphatic rings. The van der Waals surface area contributed by atoms with Crippen molar-refractivity contribution in [2.75, 3.05) is 26.2 Å². The number of aliphatic carboxylic acids is 1. The van der Waals surface area contributed by atoms with Gasteiger partial charge in [-0.15, -0.1) is 0 Å². The number of piperidine rings is 2. The van der Waals surface area contributed by atoms with Crippen LogP contribution >= 0.6 is 0 Å². The van der Waals surface area contributed by atoms with Crippen LogP contribution in [0.1, 0.15) is 25.7 Å². The van der Waals surface area contributed by atoms with Gasteiger partial charge in [-0.3, -0.25) is 4.79 Å². The molecule has 0 bridgehead atoms. The minimum atomic E-state index is -3.64. The largest absolute Gasteiger partial charge is 0.481 e. The van der Waals surface area contributed by atoms with Gasteiger partial charge in [0.05, 0.1) is 12.0 Å². The van der Waals surface area contributed by atoms with E-state index in [1.54, 1.807) is 0 Å². The molecule has 0 aromatic rings. The van der Waals surface area contributed by atoms with Gasteiger partial charge in [-0.25, -0.2) is 0 Å². The number of carboxylic acids is 1. The van der Waals surface area contributed by atoms with E-state index >= 15 is 0 Å². The topological polar surface area (TPSA) is 98.2 Å². The molecule has 2 rings (SSSR count). The smallest absolute Gasteiger partial charge is 0.307 e. The number of carbonyl (C=O) groups is 1. The van der Waals surface area contributed by atoms with E-state index < -0.39 is 28.2 Å². The van der Waals surface area contributed by atoms with Crippen molar-refractivity contribution in [3.05, 3.63) is 0 Å². The predicted molar refractivity (Wildman–Crippen MR) is 67.7 cm³/mol. The number of carboxylic acid groups (broad SMARTS) is 1. The van der Waals surface area contributed by atoms with Crippen LogP contribution in [0, 0.1) is 5.92 Å². The van der Waals surface area contributed by atoms with E-state index in [1.165, 1.54) is 8.61 Å². The summed E-state index contributed by atoms with van der Waals surface area (Å²) in [5.74, 6) is -1.57. The van der Waals surface area contributed by atoms with Crippen molar-refractivity contribution in [2.45, 2.75) is 31.8 Å². The Labute approximate surface area is 113 Å². The third-order valence-corrected chi connectivity index (χ3v) is 5.71. The molecule has 0 spiro atoms. The van der Waals surface area contributed by atoms with Gasteiger partial charge in [-0.2, -0.15) is 17.0 Å². The van der Waals surface area contributed by atoms with Crippen molar-refractivity contribution >= 4 is 16.2 Å². The molecule has 0 aromatic carbocycles. The molecule has 2 aliphatic heterocycles. The number of aliphatic hydroxyl groups is 1. The fraction of sp³-hybridized carbons (Fsp3) is 0.909. The van der Waals surface area contributed by atoms with E-state index in [0.717, 1.165) is 0 Å². The SMILES string of the molecule is O=C(O)C1CCCN(S(=O)(=O)N2CCCC(O)C2)C1. The average molecular weight is 292 g/mol. The third kappa shape index (κ3) is 3.25. The van der Waals surface area contributed by atoms with Crippen LogP contribution in [-0.4, -0.2) is 65.5 Å². The first-order valence-corrected chi connectivity index (χ1v) is 7.97. The Morgan fingerprint density at radius 3 is 2.21 bits per heavy atom. The molecule has 2 atom stereocenters. The zero-order chi connectivity index (χ0) is 14.0. The summed E-state index contributed by atoms with van der Waals surface area (Å²) in [5, 5.41) is 18.6. The van der Waals surface area contributed by atoms with Crippen molar-refractivity contribution in [1.82, 2.24) is 8.61 Å². The summed E-state index contributed by atoms with van der Waals surface area (Å²) in [4.78, 5) is 11.0. The van der Waals surface area contributed by atoms with Crippen LogP contribution in [0.15, 0.2) is 0 Å². The van der Waals surface area contributed by atoms with Crippen LogP contribution in [0.3, 0.4) is 0 Å². The molecule has 2 heterocycles. The third-order valence-electron chi connectivity index (χ3n) is 3.75. The molecule has 8 heteroatoms. The maximum absolute atomic E-state index is 12.4. The normalized spacial score (nSPS) is 31.2. The Balaban J connectivity index is 2.08. The lowest BCUT2D eigenvalue weighted by Gasteiger charge is -2.36. The van der Waals surface area contributed by atoms with E-state index in [1.807, 2.05) is 0 Å². The van der Waals surface area contributed by atoms with Gasteiger partial charge in [0.2, 0.25) is 0 Å². The summed E-state index contributed by atoms with van der Waals surface area (Å²) >= 11 is 0. The molecule has 7 nitrogen and oxygen atoms in total. The first kappa shape index (κ1) is 14.7. The predicted octanol–water partition coefficient (Wildman–Crippen LogP) is -0.515. The molecule has 2 unspecified atom stereocenters. The van der Waals surface area contributed by atoms with Crippen molar-refractivity contribution in [1.29, 1.82) is 0 Å². The van der Waals surface area contributed by atoms with Crippen molar-refractivity contribution in [3.63, 3.8) is 0 Å². The Bertz CT molecular complexity index is 438. The molecule has 2 fully saturated rings. The summed E-state index contributed by atoms with van der Waals surface area (Å²) in [6.45, 7) is 0.896. The summed E-state index contributed by atoms with van der Waals surface area (Å²) in [7, 11) is -3.64. The van der Waals surface area contributed by atoms with Gasteiger partial charge >= 0.3 is 5.97 Å². The number of rotatable bonds is 3. The highest BCUT2D eigenvalue weighted by Gasteiger charge is 2.37. The number of β-amino-alcohol motifs (C(OH)–C–C–N with tert-alkyl or cyclic N) is 1. The highest BCUT2D eigenvalue weighted by Crippen LogP contribution is 2.23. The van der Waals surface area contributed by atoms with E-state index in [0.29, 0.717) is 38.8 Å². The van der Waals surface area contributed by atoms with Crippen LogP contribution in [0.2, 0.25) is 0 Å². The standard InChI is InChI=1S/C11H20N2O5S/c14-10-4-2-6-13(8-10)19(17,18)12-5-1-3-9(7-12)11(15)16/h9-10,14H,1-8H2,(H,15,16). The van der Waals surface area contributed by atoms with Crippen molar-refractivity contribution < 1.29 is 23.4 Å². The fourth-order valence-corrected chi connectivity index (χ4v) is 4.42. The van der Waals surface area contributed by atoms with E-state index in [-0.39, 0.29) is 13.1 Å². The van der Waals surface area contributed by atoms with Gasteiger partial charge in [-0.05, 0) is 25.7 Å². The molecule has 0 aliphatic carbocycles. The summed E-state index contributed by atoms with van der Waals surface area (Å²) in [6.07, 6.45) is 1.71. The maximum Gasteiger partial charge on any atom is 0.307 e. The zero-order valence-corrected chi connectivity index (χ0v) is 11.5. The monoisotopic (exact) mass is 292 g/mol. The summed E-state index contributed by atoms with van der Waals surface area (Å²) < 4.78 is 27.3. The Hall–Kier alpha value is -0.700. The maximum atomic E-state index is 12.4. The highest BCUT2D eigenvalue weighted by atomic mass is 32.2. The zero-order valence-electron chi connectivity index (χ0n) is 10.7. The lowest BCUT2D eigenvalue weighted by molar-refractivity contribution is -0.142. The van der Waals surface area contributed by atoms with Crippen LogP contribution in [0.4, 0.5) is 0 Å². The van der Waals surface area contributed by atoms with E-state index in [2.05, 4.69) is 0 Å². The molecule has 2 N–H and O–H groups in total. The molecular formula is C11H20N2O5S. The van der Waals surface area contributed by atoms with Crippen molar-refractivity contribution in [2.24, 2.45) is 5.92 Å². The van der Waals surface area contributed by atoms with E-state index in [9.17, 15) is 18.3 Å². The Kier molecular flexibility index (Phi) is 4.44. The molecule has 110 valence electrons. The van der Waals surface area contributed by atoms with Gasteiger partial charge in [0.15, 0.2) is 0 Å². The average Bonchev–Trinajstić information content (AvgIpc) is 2.39.